The fourth-order valence-electron chi connectivity index (χ4n) is 1.82. The Labute approximate surface area is 84.5 Å². The number of aliphatic hydroxyl groups excluding tert-OH is 1. The van der Waals surface area contributed by atoms with Gasteiger partial charge < -0.3 is 15.1 Å². The number of carboxylic acid groups (broad SMARTS) is 1. The molecule has 1 fully saturated rings. The molecular weight excluding hydrogens is 182 g/mol. The van der Waals surface area contributed by atoms with E-state index in [1.54, 1.807) is 6.92 Å². The predicted molar refractivity (Wildman–Crippen MR) is 53.0 cm³/mol. The molecule has 4 nitrogen and oxygen atoms in total. The summed E-state index contributed by atoms with van der Waals surface area (Å²) in [6, 6.07) is 0. The van der Waals surface area contributed by atoms with Gasteiger partial charge in [0.1, 0.15) is 0 Å². The summed E-state index contributed by atoms with van der Waals surface area (Å²) in [4.78, 5) is 12.8. The molecule has 82 valence electrons. The lowest BCUT2D eigenvalue weighted by atomic mass is 9.97. The molecule has 0 aromatic carbocycles. The minimum absolute atomic E-state index is 0.266. The fourth-order valence-corrected chi connectivity index (χ4v) is 1.82. The van der Waals surface area contributed by atoms with E-state index >= 15 is 0 Å². The Balaban J connectivity index is 2.25. The quantitative estimate of drug-likeness (QED) is 0.691. The van der Waals surface area contributed by atoms with Gasteiger partial charge in [0, 0.05) is 13.2 Å². The van der Waals surface area contributed by atoms with E-state index in [-0.39, 0.29) is 12.5 Å². The first-order valence-corrected chi connectivity index (χ1v) is 5.19. The maximum atomic E-state index is 10.6. The summed E-state index contributed by atoms with van der Waals surface area (Å²) >= 11 is 0. The molecule has 0 aromatic heterocycles. The van der Waals surface area contributed by atoms with E-state index in [2.05, 4.69) is 4.90 Å². The summed E-state index contributed by atoms with van der Waals surface area (Å²) in [6.07, 6.45) is 1.98. The van der Waals surface area contributed by atoms with Crippen LogP contribution in [-0.4, -0.2) is 47.3 Å². The Morgan fingerprint density at radius 2 is 2.07 bits per heavy atom. The lowest BCUT2D eigenvalue weighted by Crippen LogP contribution is -2.38. The Morgan fingerprint density at radius 1 is 1.50 bits per heavy atom. The molecule has 0 aromatic rings. The van der Waals surface area contributed by atoms with Gasteiger partial charge in [0.05, 0.1) is 5.92 Å². The molecule has 1 heterocycles. The average Bonchev–Trinajstić information content (AvgIpc) is 2.19. The van der Waals surface area contributed by atoms with E-state index in [0.29, 0.717) is 12.5 Å². The Bertz CT molecular complexity index is 188. The van der Waals surface area contributed by atoms with Crippen molar-refractivity contribution in [3.63, 3.8) is 0 Å². The fraction of sp³-hybridized carbons (Fsp3) is 0.900. The summed E-state index contributed by atoms with van der Waals surface area (Å²) in [5.41, 5.74) is 0. The van der Waals surface area contributed by atoms with Gasteiger partial charge in [0.15, 0.2) is 0 Å². The second-order valence-corrected chi connectivity index (χ2v) is 4.17. The highest BCUT2D eigenvalue weighted by Crippen LogP contribution is 2.17. The second-order valence-electron chi connectivity index (χ2n) is 4.17. The van der Waals surface area contributed by atoms with Crippen molar-refractivity contribution in [3.05, 3.63) is 0 Å². The van der Waals surface area contributed by atoms with Gasteiger partial charge >= 0.3 is 5.97 Å². The number of likely N-dealkylation sites (tertiary alicyclic amines) is 1. The highest BCUT2D eigenvalue weighted by Gasteiger charge is 2.21. The van der Waals surface area contributed by atoms with E-state index in [0.717, 1.165) is 25.9 Å². The molecule has 1 saturated heterocycles. The highest BCUT2D eigenvalue weighted by molar-refractivity contribution is 5.69. The lowest BCUT2D eigenvalue weighted by molar-refractivity contribution is -0.141. The third kappa shape index (κ3) is 3.27. The molecule has 1 aliphatic heterocycles. The molecule has 1 rings (SSSR count). The largest absolute Gasteiger partial charge is 0.481 e. The van der Waals surface area contributed by atoms with Crippen LogP contribution in [0.5, 0.6) is 0 Å². The number of nitrogens with zero attached hydrogens (tertiary/aromatic N) is 1. The van der Waals surface area contributed by atoms with Crippen LogP contribution >= 0.6 is 0 Å². The molecule has 0 radical (unpaired) electrons. The zero-order chi connectivity index (χ0) is 10.6. The van der Waals surface area contributed by atoms with Crippen LogP contribution in [0.4, 0.5) is 0 Å². The van der Waals surface area contributed by atoms with E-state index in [1.165, 1.54) is 0 Å². The van der Waals surface area contributed by atoms with E-state index in [9.17, 15) is 4.79 Å². The van der Waals surface area contributed by atoms with Crippen molar-refractivity contribution < 1.29 is 15.0 Å². The average molecular weight is 201 g/mol. The van der Waals surface area contributed by atoms with Crippen molar-refractivity contribution in [2.45, 2.75) is 19.8 Å². The van der Waals surface area contributed by atoms with E-state index in [1.807, 2.05) is 0 Å². The third-order valence-electron chi connectivity index (χ3n) is 2.92. The monoisotopic (exact) mass is 201 g/mol. The molecule has 1 aliphatic rings. The standard InChI is InChI=1S/C10H19NO3/c1-8(10(13)14)6-11-4-2-9(7-12)3-5-11/h8-9,12H,2-7H2,1H3,(H,13,14). The Kier molecular flexibility index (Phi) is 4.35. The van der Waals surface area contributed by atoms with Crippen LogP contribution < -0.4 is 0 Å². The van der Waals surface area contributed by atoms with Gasteiger partial charge in [-0.15, -0.1) is 0 Å². The van der Waals surface area contributed by atoms with Crippen LogP contribution in [0.2, 0.25) is 0 Å². The summed E-state index contributed by atoms with van der Waals surface area (Å²) in [6.45, 7) is 4.47. The number of carboxylic acids is 1. The van der Waals surface area contributed by atoms with Gasteiger partial charge in [0.2, 0.25) is 0 Å². The maximum Gasteiger partial charge on any atom is 0.307 e. The number of aliphatic hydroxyl groups is 1. The zero-order valence-electron chi connectivity index (χ0n) is 8.65. The van der Waals surface area contributed by atoms with Crippen molar-refractivity contribution in [3.8, 4) is 0 Å². The van der Waals surface area contributed by atoms with E-state index < -0.39 is 5.97 Å². The minimum atomic E-state index is -0.728. The van der Waals surface area contributed by atoms with Crippen LogP contribution in [0.25, 0.3) is 0 Å². The molecule has 0 saturated carbocycles. The zero-order valence-corrected chi connectivity index (χ0v) is 8.65. The predicted octanol–water partition coefficient (Wildman–Crippen LogP) is 0.411. The SMILES string of the molecule is CC(CN1CCC(CO)CC1)C(=O)O. The first kappa shape index (κ1) is 11.5. The molecule has 1 unspecified atom stereocenters. The molecule has 4 heteroatoms. The normalized spacial score (nSPS) is 22.1. The van der Waals surface area contributed by atoms with Crippen LogP contribution in [0, 0.1) is 11.8 Å². The number of piperidine rings is 1. The van der Waals surface area contributed by atoms with Gasteiger partial charge in [-0.2, -0.15) is 0 Å². The van der Waals surface area contributed by atoms with Crippen LogP contribution in [0.1, 0.15) is 19.8 Å². The minimum Gasteiger partial charge on any atom is -0.481 e. The van der Waals surface area contributed by atoms with Crippen LogP contribution in [0.15, 0.2) is 0 Å². The molecule has 0 spiro atoms. The number of carbonyl (C=O) groups is 1. The highest BCUT2D eigenvalue weighted by atomic mass is 16.4. The summed E-state index contributed by atoms with van der Waals surface area (Å²) in [5.74, 6) is -0.596. The van der Waals surface area contributed by atoms with Crippen LogP contribution in [0.3, 0.4) is 0 Å². The van der Waals surface area contributed by atoms with Gasteiger partial charge in [-0.1, -0.05) is 6.92 Å². The van der Waals surface area contributed by atoms with Gasteiger partial charge in [-0.3, -0.25) is 4.79 Å². The number of rotatable bonds is 4. The van der Waals surface area contributed by atoms with Gasteiger partial charge in [-0.25, -0.2) is 0 Å². The number of hydrogen-bond acceptors (Lipinski definition) is 3. The Morgan fingerprint density at radius 3 is 2.50 bits per heavy atom. The van der Waals surface area contributed by atoms with Gasteiger partial charge in [0.25, 0.3) is 0 Å². The lowest BCUT2D eigenvalue weighted by Gasteiger charge is -2.31. The van der Waals surface area contributed by atoms with Crippen molar-refractivity contribution in [1.29, 1.82) is 0 Å². The molecular formula is C10H19NO3. The first-order chi connectivity index (χ1) is 6.63. The molecule has 0 amide bonds. The molecule has 0 aliphatic carbocycles. The van der Waals surface area contributed by atoms with Crippen molar-refractivity contribution in [2.24, 2.45) is 11.8 Å². The van der Waals surface area contributed by atoms with Crippen molar-refractivity contribution in [1.82, 2.24) is 4.90 Å². The van der Waals surface area contributed by atoms with E-state index in [4.69, 9.17) is 10.2 Å². The summed E-state index contributed by atoms with van der Waals surface area (Å²) in [5, 5.41) is 17.7. The molecule has 2 N–H and O–H groups in total. The number of hydrogen-bond donors (Lipinski definition) is 2. The summed E-state index contributed by atoms with van der Waals surface area (Å²) in [7, 11) is 0. The molecule has 1 atom stereocenters. The third-order valence-corrected chi connectivity index (χ3v) is 2.92. The molecule has 14 heavy (non-hydrogen) atoms. The first-order valence-electron chi connectivity index (χ1n) is 5.19. The van der Waals surface area contributed by atoms with Crippen LogP contribution in [-0.2, 0) is 4.79 Å². The Hall–Kier alpha value is -0.610. The summed E-state index contributed by atoms with van der Waals surface area (Å²) < 4.78 is 0. The van der Waals surface area contributed by atoms with Gasteiger partial charge in [-0.05, 0) is 31.8 Å². The van der Waals surface area contributed by atoms with Crippen molar-refractivity contribution in [2.75, 3.05) is 26.2 Å². The smallest absolute Gasteiger partial charge is 0.307 e. The number of aliphatic carboxylic acids is 1. The topological polar surface area (TPSA) is 60.8 Å². The van der Waals surface area contributed by atoms with Crippen molar-refractivity contribution >= 4 is 5.97 Å². The maximum absolute atomic E-state index is 10.6. The second kappa shape index (κ2) is 5.32. The molecule has 0 bridgehead atoms.